The van der Waals surface area contributed by atoms with Crippen LogP contribution in [0.1, 0.15) is 39.2 Å². The van der Waals surface area contributed by atoms with E-state index < -0.39 is 0 Å². The first kappa shape index (κ1) is 14.0. The second kappa shape index (κ2) is 5.54. The average molecular weight is 235 g/mol. The van der Waals surface area contributed by atoms with Crippen LogP contribution in [-0.4, -0.2) is 24.1 Å². The van der Waals surface area contributed by atoms with Gasteiger partial charge in [0.15, 0.2) is 0 Å². The van der Waals surface area contributed by atoms with Gasteiger partial charge in [0, 0.05) is 5.54 Å². The van der Waals surface area contributed by atoms with Gasteiger partial charge in [-0.15, -0.1) is 0 Å². The van der Waals surface area contributed by atoms with Crippen LogP contribution in [0.15, 0.2) is 24.3 Å². The van der Waals surface area contributed by atoms with Crippen LogP contribution >= 0.6 is 0 Å². The molecule has 0 aliphatic rings. The summed E-state index contributed by atoms with van der Waals surface area (Å²) in [6.07, 6.45) is 2.17. The molecular formula is C15H25NO. The lowest BCUT2D eigenvalue weighted by Crippen LogP contribution is -2.46. The van der Waals surface area contributed by atoms with Gasteiger partial charge in [0.05, 0.1) is 0 Å². The molecule has 0 aliphatic heterocycles. The minimum absolute atomic E-state index is 0.00743. The molecule has 17 heavy (non-hydrogen) atoms. The summed E-state index contributed by atoms with van der Waals surface area (Å²) in [6.45, 7) is 6.73. The highest BCUT2D eigenvalue weighted by atomic mass is 16.3. The first-order chi connectivity index (χ1) is 7.98. The average Bonchev–Trinajstić information content (AvgIpc) is 2.30. The van der Waals surface area contributed by atoms with Gasteiger partial charge in [-0.2, -0.15) is 0 Å². The molecule has 2 nitrogen and oxygen atoms in total. The quantitative estimate of drug-likeness (QED) is 0.843. The number of phenols is 1. The standard InChI is InChI=1S/C15H25NO/c1-6-12(3)15(7-2,16(4)5)13-9-8-10-14(17)11-13/h8-12,17H,6-7H2,1-5H3/t12-,15-/m1/s1. The molecule has 2 heteroatoms. The summed E-state index contributed by atoms with van der Waals surface area (Å²) in [4.78, 5) is 2.29. The molecule has 0 bridgehead atoms. The Morgan fingerprint density at radius 2 is 1.94 bits per heavy atom. The van der Waals surface area contributed by atoms with E-state index in [9.17, 15) is 5.11 Å². The van der Waals surface area contributed by atoms with E-state index in [1.807, 2.05) is 12.1 Å². The van der Waals surface area contributed by atoms with Crippen LogP contribution in [0.4, 0.5) is 0 Å². The Morgan fingerprint density at radius 1 is 1.29 bits per heavy atom. The van der Waals surface area contributed by atoms with Crippen molar-refractivity contribution < 1.29 is 5.11 Å². The predicted octanol–water partition coefficient (Wildman–Crippen LogP) is 3.61. The first-order valence-electron chi connectivity index (χ1n) is 6.46. The monoisotopic (exact) mass is 235 g/mol. The van der Waals surface area contributed by atoms with Crippen molar-refractivity contribution >= 4 is 0 Å². The molecule has 0 saturated carbocycles. The van der Waals surface area contributed by atoms with Gasteiger partial charge in [-0.25, -0.2) is 0 Å². The van der Waals surface area contributed by atoms with Gasteiger partial charge >= 0.3 is 0 Å². The normalized spacial score (nSPS) is 16.8. The Kier molecular flexibility index (Phi) is 4.58. The fraction of sp³-hybridized carbons (Fsp3) is 0.600. The molecular weight excluding hydrogens is 210 g/mol. The third kappa shape index (κ3) is 2.47. The van der Waals surface area contributed by atoms with Crippen molar-refractivity contribution in [3.63, 3.8) is 0 Å². The highest BCUT2D eigenvalue weighted by Gasteiger charge is 2.37. The molecule has 1 N–H and O–H groups in total. The van der Waals surface area contributed by atoms with E-state index >= 15 is 0 Å². The van der Waals surface area contributed by atoms with Crippen LogP contribution in [0.5, 0.6) is 5.75 Å². The maximum Gasteiger partial charge on any atom is 0.115 e. The van der Waals surface area contributed by atoms with Crippen LogP contribution in [0.25, 0.3) is 0 Å². The smallest absolute Gasteiger partial charge is 0.115 e. The van der Waals surface area contributed by atoms with E-state index in [1.54, 1.807) is 6.07 Å². The number of hydrogen-bond acceptors (Lipinski definition) is 2. The molecule has 0 unspecified atom stereocenters. The molecule has 0 amide bonds. The van der Waals surface area contributed by atoms with E-state index in [1.165, 1.54) is 5.56 Å². The third-order valence-electron chi connectivity index (χ3n) is 4.11. The second-order valence-electron chi connectivity index (χ2n) is 5.03. The molecule has 0 heterocycles. The summed E-state index contributed by atoms with van der Waals surface area (Å²) in [5.74, 6) is 0.898. The molecule has 0 aromatic heterocycles. The van der Waals surface area contributed by atoms with Gasteiger partial charge < -0.3 is 5.11 Å². The summed E-state index contributed by atoms with van der Waals surface area (Å²) in [7, 11) is 4.25. The van der Waals surface area contributed by atoms with Gasteiger partial charge in [0.25, 0.3) is 0 Å². The molecule has 1 aromatic carbocycles. The Balaban J connectivity index is 3.31. The van der Waals surface area contributed by atoms with Crippen LogP contribution in [-0.2, 0) is 5.54 Å². The summed E-state index contributed by atoms with van der Waals surface area (Å²) in [5, 5.41) is 9.69. The lowest BCUT2D eigenvalue weighted by atomic mass is 9.74. The van der Waals surface area contributed by atoms with Gasteiger partial charge in [-0.05, 0) is 44.1 Å². The minimum Gasteiger partial charge on any atom is -0.508 e. The number of benzene rings is 1. The van der Waals surface area contributed by atoms with Crippen LogP contribution in [0, 0.1) is 5.92 Å². The summed E-state index contributed by atoms with van der Waals surface area (Å²) in [5.41, 5.74) is 1.22. The first-order valence-corrected chi connectivity index (χ1v) is 6.46. The van der Waals surface area contributed by atoms with Gasteiger partial charge in [-0.1, -0.05) is 39.3 Å². The largest absolute Gasteiger partial charge is 0.508 e. The third-order valence-corrected chi connectivity index (χ3v) is 4.11. The van der Waals surface area contributed by atoms with E-state index in [0.29, 0.717) is 11.7 Å². The van der Waals surface area contributed by atoms with E-state index in [4.69, 9.17) is 0 Å². The van der Waals surface area contributed by atoms with Gasteiger partial charge in [0.2, 0.25) is 0 Å². The topological polar surface area (TPSA) is 23.5 Å². The predicted molar refractivity (Wildman–Crippen MR) is 73.2 cm³/mol. The number of rotatable bonds is 5. The molecule has 0 radical (unpaired) electrons. The molecule has 96 valence electrons. The highest BCUT2D eigenvalue weighted by Crippen LogP contribution is 2.40. The Bertz CT molecular complexity index is 362. The zero-order valence-corrected chi connectivity index (χ0v) is 11.7. The van der Waals surface area contributed by atoms with Crippen molar-refractivity contribution in [2.45, 2.75) is 39.2 Å². The van der Waals surface area contributed by atoms with E-state index in [2.05, 4.69) is 45.8 Å². The lowest BCUT2D eigenvalue weighted by molar-refractivity contribution is 0.0756. The van der Waals surface area contributed by atoms with Crippen LogP contribution < -0.4 is 0 Å². The van der Waals surface area contributed by atoms with Crippen LogP contribution in [0.3, 0.4) is 0 Å². The maximum atomic E-state index is 9.69. The Morgan fingerprint density at radius 3 is 2.35 bits per heavy atom. The minimum atomic E-state index is 0.00743. The molecule has 0 fully saturated rings. The van der Waals surface area contributed by atoms with Crippen molar-refractivity contribution in [2.75, 3.05) is 14.1 Å². The van der Waals surface area contributed by atoms with Gasteiger partial charge in [0.1, 0.15) is 5.75 Å². The Hall–Kier alpha value is -1.02. The van der Waals surface area contributed by atoms with E-state index in [-0.39, 0.29) is 5.54 Å². The molecule has 0 saturated heterocycles. The molecule has 1 aromatic rings. The lowest BCUT2D eigenvalue weighted by Gasteiger charge is -2.44. The fourth-order valence-corrected chi connectivity index (χ4v) is 2.97. The maximum absolute atomic E-state index is 9.69. The zero-order valence-electron chi connectivity index (χ0n) is 11.7. The summed E-state index contributed by atoms with van der Waals surface area (Å²) < 4.78 is 0. The molecule has 1 rings (SSSR count). The summed E-state index contributed by atoms with van der Waals surface area (Å²) in [6, 6.07) is 7.68. The summed E-state index contributed by atoms with van der Waals surface area (Å²) >= 11 is 0. The Labute approximate surface area is 105 Å². The van der Waals surface area contributed by atoms with Crippen LogP contribution in [0.2, 0.25) is 0 Å². The zero-order chi connectivity index (χ0) is 13.1. The van der Waals surface area contributed by atoms with Gasteiger partial charge in [-0.3, -0.25) is 4.90 Å². The number of nitrogens with zero attached hydrogens (tertiary/aromatic N) is 1. The molecule has 0 aliphatic carbocycles. The van der Waals surface area contributed by atoms with Crippen molar-refractivity contribution in [2.24, 2.45) is 5.92 Å². The number of aromatic hydroxyl groups is 1. The van der Waals surface area contributed by atoms with Crippen molar-refractivity contribution in [3.05, 3.63) is 29.8 Å². The SMILES string of the molecule is CC[C@@H](C)[C@](CC)(c1cccc(O)c1)N(C)C. The van der Waals surface area contributed by atoms with Crippen molar-refractivity contribution in [1.29, 1.82) is 0 Å². The van der Waals surface area contributed by atoms with Crippen molar-refractivity contribution in [3.8, 4) is 5.75 Å². The molecule has 0 spiro atoms. The number of phenolic OH excluding ortho intramolecular Hbond substituents is 1. The highest BCUT2D eigenvalue weighted by molar-refractivity contribution is 5.33. The second-order valence-corrected chi connectivity index (χ2v) is 5.03. The van der Waals surface area contributed by atoms with Crippen molar-refractivity contribution in [1.82, 2.24) is 4.90 Å². The number of hydrogen-bond donors (Lipinski definition) is 1. The fourth-order valence-electron chi connectivity index (χ4n) is 2.97. The molecule has 2 atom stereocenters. The van der Waals surface area contributed by atoms with E-state index in [0.717, 1.165) is 12.8 Å².